The molecule has 0 spiro atoms. The Balaban J connectivity index is 1.75. The average Bonchev–Trinajstić information content (AvgIpc) is 3.20. The lowest BCUT2D eigenvalue weighted by atomic mass is 10.1. The molecule has 3 rings (SSSR count). The highest BCUT2D eigenvalue weighted by Gasteiger charge is 2.44. The predicted octanol–water partition coefficient (Wildman–Crippen LogP) is 1.71. The van der Waals surface area contributed by atoms with Gasteiger partial charge in [0.1, 0.15) is 0 Å². The summed E-state index contributed by atoms with van der Waals surface area (Å²) in [5.74, 6) is -0.634. The van der Waals surface area contributed by atoms with Crippen molar-refractivity contribution in [1.29, 1.82) is 0 Å². The summed E-state index contributed by atoms with van der Waals surface area (Å²) < 4.78 is 5.34. The molecule has 96 valence electrons. The van der Waals surface area contributed by atoms with Crippen LogP contribution in [0.4, 0.5) is 5.69 Å². The highest BCUT2D eigenvalue weighted by Crippen LogP contribution is 2.48. The van der Waals surface area contributed by atoms with Gasteiger partial charge >= 0.3 is 5.97 Å². The van der Waals surface area contributed by atoms with Crippen LogP contribution >= 0.6 is 0 Å². The Morgan fingerprint density at radius 1 is 1.33 bits per heavy atom. The smallest absolute Gasteiger partial charge is 0.307 e. The van der Waals surface area contributed by atoms with Crippen LogP contribution in [0.15, 0.2) is 24.3 Å². The Morgan fingerprint density at radius 3 is 2.78 bits per heavy atom. The zero-order valence-corrected chi connectivity index (χ0v) is 10.2. The van der Waals surface area contributed by atoms with E-state index >= 15 is 0 Å². The summed E-state index contributed by atoms with van der Waals surface area (Å²) in [7, 11) is 0. The monoisotopic (exact) mass is 247 g/mol. The predicted molar refractivity (Wildman–Crippen MR) is 68.0 cm³/mol. The van der Waals surface area contributed by atoms with Crippen molar-refractivity contribution in [2.45, 2.75) is 12.3 Å². The molecule has 2 fully saturated rings. The highest BCUT2D eigenvalue weighted by atomic mass is 16.5. The standard InChI is InChI=1S/C14H17NO3/c16-14(17)13-9-12(13)10-2-1-3-11(8-10)15-4-6-18-7-5-15/h1-3,8,12-13H,4-7,9H2,(H,16,17). The number of carboxylic acid groups (broad SMARTS) is 1. The Kier molecular flexibility index (Phi) is 2.96. The molecule has 1 aliphatic carbocycles. The summed E-state index contributed by atoms with van der Waals surface area (Å²) in [6, 6.07) is 8.29. The Morgan fingerprint density at radius 2 is 2.11 bits per heavy atom. The van der Waals surface area contributed by atoms with E-state index in [2.05, 4.69) is 17.0 Å². The second-order valence-electron chi connectivity index (χ2n) is 4.98. The molecule has 1 N–H and O–H groups in total. The zero-order valence-electron chi connectivity index (χ0n) is 10.2. The van der Waals surface area contributed by atoms with E-state index in [1.54, 1.807) is 0 Å². The maximum Gasteiger partial charge on any atom is 0.307 e. The van der Waals surface area contributed by atoms with Gasteiger partial charge in [-0.25, -0.2) is 0 Å². The molecule has 1 aliphatic heterocycles. The minimum atomic E-state index is -0.670. The first-order valence-electron chi connectivity index (χ1n) is 6.41. The molecule has 2 aliphatic rings. The first-order chi connectivity index (χ1) is 8.75. The van der Waals surface area contributed by atoms with E-state index in [0.29, 0.717) is 0 Å². The summed E-state index contributed by atoms with van der Waals surface area (Å²) in [4.78, 5) is 13.2. The van der Waals surface area contributed by atoms with E-state index in [4.69, 9.17) is 9.84 Å². The summed E-state index contributed by atoms with van der Waals surface area (Å²) in [5.41, 5.74) is 2.35. The Hall–Kier alpha value is -1.55. The van der Waals surface area contributed by atoms with Gasteiger partial charge in [-0.05, 0) is 30.0 Å². The zero-order chi connectivity index (χ0) is 12.5. The minimum absolute atomic E-state index is 0.176. The lowest BCUT2D eigenvalue weighted by molar-refractivity contribution is -0.138. The molecule has 0 amide bonds. The fourth-order valence-electron chi connectivity index (χ4n) is 2.61. The van der Waals surface area contributed by atoms with Crippen molar-refractivity contribution in [3.63, 3.8) is 0 Å². The van der Waals surface area contributed by atoms with E-state index < -0.39 is 5.97 Å². The third kappa shape index (κ3) is 2.20. The third-order valence-electron chi connectivity index (χ3n) is 3.78. The number of rotatable bonds is 3. The lowest BCUT2D eigenvalue weighted by Crippen LogP contribution is -2.36. The molecule has 4 nitrogen and oxygen atoms in total. The quantitative estimate of drug-likeness (QED) is 0.883. The van der Waals surface area contributed by atoms with Crippen molar-refractivity contribution in [3.05, 3.63) is 29.8 Å². The third-order valence-corrected chi connectivity index (χ3v) is 3.78. The second kappa shape index (κ2) is 4.61. The fourth-order valence-corrected chi connectivity index (χ4v) is 2.61. The first-order valence-corrected chi connectivity index (χ1v) is 6.41. The molecule has 1 saturated carbocycles. The fraction of sp³-hybridized carbons (Fsp3) is 0.500. The van der Waals surface area contributed by atoms with Gasteiger partial charge in [0.2, 0.25) is 0 Å². The Bertz CT molecular complexity index is 454. The molecule has 1 heterocycles. The molecule has 0 bridgehead atoms. The van der Waals surface area contributed by atoms with Crippen LogP contribution in [-0.4, -0.2) is 37.4 Å². The number of aliphatic carboxylic acids is 1. The van der Waals surface area contributed by atoms with Crippen LogP contribution in [-0.2, 0) is 9.53 Å². The van der Waals surface area contributed by atoms with Crippen LogP contribution < -0.4 is 4.90 Å². The van der Waals surface area contributed by atoms with Gasteiger partial charge < -0.3 is 14.7 Å². The average molecular weight is 247 g/mol. The van der Waals surface area contributed by atoms with E-state index in [0.717, 1.165) is 38.3 Å². The van der Waals surface area contributed by atoms with Crippen LogP contribution in [0.2, 0.25) is 0 Å². The second-order valence-corrected chi connectivity index (χ2v) is 4.98. The van der Waals surface area contributed by atoms with Gasteiger partial charge in [-0.15, -0.1) is 0 Å². The van der Waals surface area contributed by atoms with Gasteiger partial charge in [0.25, 0.3) is 0 Å². The van der Waals surface area contributed by atoms with Crippen LogP contribution in [0, 0.1) is 5.92 Å². The number of anilines is 1. The van der Waals surface area contributed by atoms with Gasteiger partial charge in [-0.2, -0.15) is 0 Å². The van der Waals surface area contributed by atoms with E-state index in [9.17, 15) is 4.79 Å². The molecular formula is C14H17NO3. The number of carbonyl (C=O) groups is 1. The molecule has 2 atom stereocenters. The summed E-state index contributed by atoms with van der Waals surface area (Å²) >= 11 is 0. The minimum Gasteiger partial charge on any atom is -0.481 e. The van der Waals surface area contributed by atoms with Gasteiger partial charge in [0, 0.05) is 18.8 Å². The molecule has 2 unspecified atom stereocenters. The number of benzene rings is 1. The van der Waals surface area contributed by atoms with E-state index in [1.807, 2.05) is 12.1 Å². The number of hydrogen-bond donors (Lipinski definition) is 1. The van der Waals surface area contributed by atoms with Gasteiger partial charge in [-0.3, -0.25) is 4.79 Å². The molecule has 0 radical (unpaired) electrons. The van der Waals surface area contributed by atoms with E-state index in [-0.39, 0.29) is 11.8 Å². The summed E-state index contributed by atoms with van der Waals surface area (Å²) in [6.45, 7) is 3.36. The van der Waals surface area contributed by atoms with Crippen molar-refractivity contribution in [3.8, 4) is 0 Å². The number of morpholine rings is 1. The van der Waals surface area contributed by atoms with Crippen molar-refractivity contribution in [2.75, 3.05) is 31.2 Å². The van der Waals surface area contributed by atoms with Crippen LogP contribution in [0.1, 0.15) is 17.9 Å². The van der Waals surface area contributed by atoms with Gasteiger partial charge in [-0.1, -0.05) is 12.1 Å². The topological polar surface area (TPSA) is 49.8 Å². The van der Waals surface area contributed by atoms with Crippen LogP contribution in [0.25, 0.3) is 0 Å². The maximum absolute atomic E-state index is 10.9. The van der Waals surface area contributed by atoms with Crippen molar-refractivity contribution >= 4 is 11.7 Å². The molecule has 1 saturated heterocycles. The highest BCUT2D eigenvalue weighted by molar-refractivity contribution is 5.75. The summed E-state index contributed by atoms with van der Waals surface area (Å²) in [6.07, 6.45) is 0.780. The largest absolute Gasteiger partial charge is 0.481 e. The number of ether oxygens (including phenoxy) is 1. The summed E-state index contributed by atoms with van der Waals surface area (Å²) in [5, 5.41) is 8.98. The molecule has 0 aromatic heterocycles. The van der Waals surface area contributed by atoms with Gasteiger partial charge in [0.15, 0.2) is 0 Å². The maximum atomic E-state index is 10.9. The van der Waals surface area contributed by atoms with Crippen molar-refractivity contribution < 1.29 is 14.6 Å². The van der Waals surface area contributed by atoms with Crippen LogP contribution in [0.5, 0.6) is 0 Å². The van der Waals surface area contributed by atoms with Crippen molar-refractivity contribution in [2.24, 2.45) is 5.92 Å². The number of nitrogens with zero attached hydrogens (tertiary/aromatic N) is 1. The molecule has 1 aromatic rings. The molecule has 1 aromatic carbocycles. The molecule has 18 heavy (non-hydrogen) atoms. The van der Waals surface area contributed by atoms with Crippen LogP contribution in [0.3, 0.4) is 0 Å². The van der Waals surface area contributed by atoms with Gasteiger partial charge in [0.05, 0.1) is 19.1 Å². The number of hydrogen-bond acceptors (Lipinski definition) is 3. The molecule has 4 heteroatoms. The molecular weight excluding hydrogens is 230 g/mol. The van der Waals surface area contributed by atoms with Crippen molar-refractivity contribution in [1.82, 2.24) is 0 Å². The SMILES string of the molecule is O=C(O)C1CC1c1cccc(N2CCOCC2)c1. The first kappa shape index (κ1) is 11.5. The normalized spacial score (nSPS) is 27.0. The lowest BCUT2D eigenvalue weighted by Gasteiger charge is -2.29. The van der Waals surface area contributed by atoms with E-state index in [1.165, 1.54) is 5.69 Å². The Labute approximate surface area is 106 Å². The number of carboxylic acids is 1.